The Morgan fingerprint density at radius 3 is 2.16 bits per heavy atom. The van der Waals surface area contributed by atoms with E-state index in [1.165, 1.54) is 0 Å². The summed E-state index contributed by atoms with van der Waals surface area (Å²) in [6.45, 7) is 8.27. The smallest absolute Gasteiger partial charge is 0.255 e. The lowest BCUT2D eigenvalue weighted by molar-refractivity contribution is 0.0598. The van der Waals surface area contributed by atoms with Gasteiger partial charge in [-0.1, -0.05) is 43.1 Å². The van der Waals surface area contributed by atoms with Gasteiger partial charge in [0.1, 0.15) is 0 Å². The maximum absolute atomic E-state index is 12.7. The molecule has 2 nitrogen and oxygen atoms in total. The summed E-state index contributed by atoms with van der Waals surface area (Å²) in [6, 6.07) is 5.54. The lowest BCUT2D eigenvalue weighted by Gasteiger charge is -2.34. The summed E-state index contributed by atoms with van der Waals surface area (Å²) >= 11 is 12.1. The Hall–Kier alpha value is -0.730. The van der Waals surface area contributed by atoms with Gasteiger partial charge in [-0.25, -0.2) is 0 Å². The van der Waals surface area contributed by atoms with Crippen molar-refractivity contribution in [2.45, 2.75) is 52.6 Å². The molecule has 2 unspecified atom stereocenters. The number of nitrogens with zero attached hydrogens (tertiary/aromatic N) is 1. The summed E-state index contributed by atoms with van der Waals surface area (Å²) in [7, 11) is 0. The normalized spacial score (nSPS) is 14.0. The minimum absolute atomic E-state index is 0.0452. The summed E-state index contributed by atoms with van der Waals surface area (Å²) < 4.78 is 0. The van der Waals surface area contributed by atoms with Gasteiger partial charge in [-0.2, -0.15) is 0 Å². The molecule has 0 saturated carbocycles. The summed E-state index contributed by atoms with van der Waals surface area (Å²) in [6.07, 6.45) is 1.82. The summed E-state index contributed by atoms with van der Waals surface area (Å²) in [4.78, 5) is 14.6. The van der Waals surface area contributed by atoms with Crippen LogP contribution in [0.15, 0.2) is 18.2 Å². The number of hydrogen-bond acceptors (Lipinski definition) is 1. The van der Waals surface area contributed by atoms with E-state index in [1.54, 1.807) is 18.2 Å². The van der Waals surface area contributed by atoms with Gasteiger partial charge in [0.25, 0.3) is 5.91 Å². The summed E-state index contributed by atoms with van der Waals surface area (Å²) in [5, 5.41) is 0.756. The van der Waals surface area contributed by atoms with Gasteiger partial charge in [-0.3, -0.25) is 4.79 Å². The minimum atomic E-state index is -0.0452. The van der Waals surface area contributed by atoms with Gasteiger partial charge < -0.3 is 4.90 Å². The lowest BCUT2D eigenvalue weighted by atomic mass is 10.1. The second kappa shape index (κ2) is 7.16. The van der Waals surface area contributed by atoms with Crippen molar-refractivity contribution < 1.29 is 4.79 Å². The number of rotatable bonds is 5. The van der Waals surface area contributed by atoms with E-state index in [0.717, 1.165) is 12.8 Å². The van der Waals surface area contributed by atoms with Crippen LogP contribution in [-0.4, -0.2) is 22.9 Å². The zero-order valence-corrected chi connectivity index (χ0v) is 13.4. The minimum Gasteiger partial charge on any atom is -0.333 e. The van der Waals surface area contributed by atoms with E-state index in [4.69, 9.17) is 23.2 Å². The highest BCUT2D eigenvalue weighted by atomic mass is 35.5. The van der Waals surface area contributed by atoms with E-state index in [0.29, 0.717) is 15.6 Å². The van der Waals surface area contributed by atoms with E-state index >= 15 is 0 Å². The van der Waals surface area contributed by atoms with Crippen LogP contribution < -0.4 is 0 Å². The molecule has 0 fully saturated rings. The molecule has 1 amide bonds. The Morgan fingerprint density at radius 1 is 1.16 bits per heavy atom. The summed E-state index contributed by atoms with van der Waals surface area (Å²) in [5.41, 5.74) is 0.481. The molecule has 1 aromatic rings. The van der Waals surface area contributed by atoms with Crippen LogP contribution in [0.2, 0.25) is 10.0 Å². The van der Waals surface area contributed by atoms with Crippen molar-refractivity contribution in [2.24, 2.45) is 0 Å². The molecular weight excluding hydrogens is 281 g/mol. The SMILES string of the molecule is CCC(C)N(C(=O)c1cccc(Cl)c1Cl)C(C)CC. The fourth-order valence-electron chi connectivity index (χ4n) is 2.04. The number of benzene rings is 1. The molecule has 2 atom stereocenters. The second-order valence-electron chi connectivity index (χ2n) is 4.83. The first kappa shape index (κ1) is 16.3. The molecule has 0 bridgehead atoms. The summed E-state index contributed by atoms with van der Waals surface area (Å²) in [5.74, 6) is -0.0452. The molecule has 1 aromatic carbocycles. The van der Waals surface area contributed by atoms with E-state index < -0.39 is 0 Å². The molecule has 1 rings (SSSR count). The molecule has 0 aliphatic heterocycles. The third-order valence-corrected chi connectivity index (χ3v) is 4.37. The first-order chi connectivity index (χ1) is 8.93. The topological polar surface area (TPSA) is 20.3 Å². The third kappa shape index (κ3) is 3.64. The van der Waals surface area contributed by atoms with Crippen molar-refractivity contribution in [3.05, 3.63) is 33.8 Å². The average Bonchev–Trinajstić information content (AvgIpc) is 2.41. The van der Waals surface area contributed by atoms with Gasteiger partial charge in [0.2, 0.25) is 0 Å². The number of hydrogen-bond donors (Lipinski definition) is 0. The monoisotopic (exact) mass is 301 g/mol. The molecule has 0 radical (unpaired) electrons. The van der Waals surface area contributed by atoms with Crippen LogP contribution in [0.5, 0.6) is 0 Å². The Labute approximate surface area is 125 Å². The Balaban J connectivity index is 3.16. The highest BCUT2D eigenvalue weighted by Crippen LogP contribution is 2.28. The first-order valence-electron chi connectivity index (χ1n) is 6.70. The molecule has 0 N–H and O–H groups in total. The van der Waals surface area contributed by atoms with Gasteiger partial charge in [0, 0.05) is 12.1 Å². The standard InChI is InChI=1S/C15H21Cl2NO/c1-5-10(3)18(11(4)6-2)15(19)12-8-7-9-13(16)14(12)17/h7-11H,5-6H2,1-4H3. The van der Waals surface area contributed by atoms with Gasteiger partial charge in [0.15, 0.2) is 0 Å². The van der Waals surface area contributed by atoms with Crippen molar-refractivity contribution in [2.75, 3.05) is 0 Å². The van der Waals surface area contributed by atoms with Crippen LogP contribution in [-0.2, 0) is 0 Å². The quantitative estimate of drug-likeness (QED) is 0.746. The highest BCUT2D eigenvalue weighted by Gasteiger charge is 2.26. The molecule has 0 saturated heterocycles. The average molecular weight is 302 g/mol. The molecular formula is C15H21Cl2NO. The van der Waals surface area contributed by atoms with Crippen LogP contribution in [0.4, 0.5) is 0 Å². The molecule has 4 heteroatoms. The molecule has 106 valence electrons. The zero-order valence-electron chi connectivity index (χ0n) is 11.9. The highest BCUT2D eigenvalue weighted by molar-refractivity contribution is 6.43. The lowest BCUT2D eigenvalue weighted by Crippen LogP contribution is -2.44. The van der Waals surface area contributed by atoms with Crippen molar-refractivity contribution in [3.63, 3.8) is 0 Å². The number of carbonyl (C=O) groups excluding carboxylic acids is 1. The number of halogens is 2. The van der Waals surface area contributed by atoms with Gasteiger partial charge in [0.05, 0.1) is 15.6 Å². The maximum atomic E-state index is 12.7. The maximum Gasteiger partial charge on any atom is 0.255 e. The van der Waals surface area contributed by atoms with Gasteiger partial charge >= 0.3 is 0 Å². The fourth-order valence-corrected chi connectivity index (χ4v) is 2.42. The van der Waals surface area contributed by atoms with Crippen LogP contribution in [0.25, 0.3) is 0 Å². The molecule has 0 aliphatic rings. The predicted octanol–water partition coefficient (Wildman–Crippen LogP) is 5.03. The Morgan fingerprint density at radius 2 is 1.68 bits per heavy atom. The second-order valence-corrected chi connectivity index (χ2v) is 5.61. The van der Waals surface area contributed by atoms with Crippen molar-refractivity contribution in [3.8, 4) is 0 Å². The number of amides is 1. The number of carbonyl (C=O) groups is 1. The van der Waals surface area contributed by atoms with E-state index in [1.807, 2.05) is 4.90 Å². The van der Waals surface area contributed by atoms with Crippen LogP contribution in [0.1, 0.15) is 50.9 Å². The molecule has 0 spiro atoms. The molecule has 0 aliphatic carbocycles. The predicted molar refractivity (Wildman–Crippen MR) is 82.1 cm³/mol. The largest absolute Gasteiger partial charge is 0.333 e. The zero-order chi connectivity index (χ0) is 14.6. The molecule has 0 heterocycles. The molecule has 0 aromatic heterocycles. The van der Waals surface area contributed by atoms with Crippen LogP contribution in [0.3, 0.4) is 0 Å². The van der Waals surface area contributed by atoms with Crippen LogP contribution in [0, 0.1) is 0 Å². The van der Waals surface area contributed by atoms with E-state index in [2.05, 4.69) is 27.7 Å². The van der Waals surface area contributed by atoms with Crippen LogP contribution >= 0.6 is 23.2 Å². The first-order valence-corrected chi connectivity index (χ1v) is 7.46. The Bertz CT molecular complexity index is 438. The van der Waals surface area contributed by atoms with Crippen molar-refractivity contribution in [1.82, 2.24) is 4.90 Å². The molecule has 19 heavy (non-hydrogen) atoms. The Kier molecular flexibility index (Phi) is 6.15. The van der Waals surface area contributed by atoms with Crippen molar-refractivity contribution >= 4 is 29.1 Å². The fraction of sp³-hybridized carbons (Fsp3) is 0.533. The van der Waals surface area contributed by atoms with Gasteiger partial charge in [-0.05, 0) is 38.8 Å². The van der Waals surface area contributed by atoms with Crippen molar-refractivity contribution in [1.29, 1.82) is 0 Å². The van der Waals surface area contributed by atoms with E-state index in [9.17, 15) is 4.79 Å². The van der Waals surface area contributed by atoms with Gasteiger partial charge in [-0.15, -0.1) is 0 Å². The van der Waals surface area contributed by atoms with E-state index in [-0.39, 0.29) is 18.0 Å². The third-order valence-electron chi connectivity index (χ3n) is 3.55.